The van der Waals surface area contributed by atoms with E-state index < -0.39 is 29.6 Å². The molecule has 0 aliphatic heterocycles. The van der Waals surface area contributed by atoms with Crippen molar-refractivity contribution in [1.82, 2.24) is 5.32 Å². The molecule has 2 rings (SSSR count). The van der Waals surface area contributed by atoms with Crippen LogP contribution in [0.5, 0.6) is 0 Å². The van der Waals surface area contributed by atoms with Gasteiger partial charge in [-0.2, -0.15) is 13.2 Å². The highest BCUT2D eigenvalue weighted by atomic mass is 19.4. The van der Waals surface area contributed by atoms with Crippen LogP contribution in [0.4, 0.5) is 13.2 Å². The number of alkyl halides is 3. The number of amides is 2. The van der Waals surface area contributed by atoms with Crippen molar-refractivity contribution in [3.63, 3.8) is 0 Å². The van der Waals surface area contributed by atoms with Crippen LogP contribution in [0.3, 0.4) is 0 Å². The zero-order chi connectivity index (χ0) is 18.4. The van der Waals surface area contributed by atoms with E-state index >= 15 is 0 Å². The first-order valence-electron chi connectivity index (χ1n) is 7.54. The van der Waals surface area contributed by atoms with Gasteiger partial charge in [-0.25, -0.2) is 0 Å². The molecule has 7 heteroatoms. The topological polar surface area (TPSA) is 72.2 Å². The van der Waals surface area contributed by atoms with E-state index in [1.54, 1.807) is 24.3 Å². The number of hydrogen-bond donors (Lipinski definition) is 2. The number of rotatable bonds is 6. The lowest BCUT2D eigenvalue weighted by Crippen LogP contribution is -2.46. The summed E-state index contributed by atoms with van der Waals surface area (Å²) in [4.78, 5) is 23.6. The molecule has 0 spiro atoms. The third kappa shape index (κ3) is 5.63. The molecule has 0 saturated carbocycles. The molecule has 0 aromatic heterocycles. The molecule has 0 bridgehead atoms. The van der Waals surface area contributed by atoms with Gasteiger partial charge in [-0.15, -0.1) is 0 Å². The van der Waals surface area contributed by atoms with E-state index in [1.807, 2.05) is 6.07 Å². The fourth-order valence-corrected chi connectivity index (χ4v) is 2.36. The van der Waals surface area contributed by atoms with Crippen molar-refractivity contribution in [2.24, 2.45) is 5.73 Å². The summed E-state index contributed by atoms with van der Waals surface area (Å²) in [6.07, 6.45) is -4.54. The van der Waals surface area contributed by atoms with Gasteiger partial charge in [0.25, 0.3) is 0 Å². The number of carbonyl (C=O) groups excluding carboxylic acids is 2. The monoisotopic (exact) mass is 350 g/mol. The summed E-state index contributed by atoms with van der Waals surface area (Å²) >= 11 is 0. The minimum absolute atomic E-state index is 0.204. The fraction of sp³-hybridized carbons (Fsp3) is 0.222. The van der Waals surface area contributed by atoms with Crippen LogP contribution in [0, 0.1) is 0 Å². The minimum atomic E-state index is -4.48. The van der Waals surface area contributed by atoms with Gasteiger partial charge in [0.1, 0.15) is 6.04 Å². The van der Waals surface area contributed by atoms with Gasteiger partial charge in [0.05, 0.1) is 12.0 Å². The SMILES string of the molecule is NC(=O)[C@H](Cc1ccccc1)NC(=O)Cc1cccc(C(F)(F)F)c1. The molecule has 2 amide bonds. The quantitative estimate of drug-likeness (QED) is 0.840. The van der Waals surface area contributed by atoms with E-state index in [2.05, 4.69) is 5.32 Å². The van der Waals surface area contributed by atoms with Gasteiger partial charge in [0.2, 0.25) is 11.8 Å². The second-order valence-corrected chi connectivity index (χ2v) is 5.59. The molecule has 0 heterocycles. The molecule has 2 aromatic rings. The Morgan fingerprint density at radius 3 is 2.24 bits per heavy atom. The highest BCUT2D eigenvalue weighted by Crippen LogP contribution is 2.29. The summed E-state index contributed by atoms with van der Waals surface area (Å²) in [5, 5.41) is 2.48. The maximum atomic E-state index is 12.7. The highest BCUT2D eigenvalue weighted by molar-refractivity contribution is 5.87. The molecule has 25 heavy (non-hydrogen) atoms. The zero-order valence-electron chi connectivity index (χ0n) is 13.2. The normalized spacial score (nSPS) is 12.4. The Bertz CT molecular complexity index is 745. The van der Waals surface area contributed by atoms with Crippen LogP contribution in [-0.4, -0.2) is 17.9 Å². The van der Waals surface area contributed by atoms with Gasteiger partial charge < -0.3 is 11.1 Å². The Hall–Kier alpha value is -2.83. The first kappa shape index (κ1) is 18.5. The van der Waals surface area contributed by atoms with E-state index in [-0.39, 0.29) is 18.4 Å². The van der Waals surface area contributed by atoms with Crippen LogP contribution in [-0.2, 0) is 28.6 Å². The van der Waals surface area contributed by atoms with Gasteiger partial charge in [0.15, 0.2) is 0 Å². The molecule has 132 valence electrons. The fourth-order valence-electron chi connectivity index (χ4n) is 2.36. The summed E-state index contributed by atoms with van der Waals surface area (Å²) < 4.78 is 38.1. The van der Waals surface area contributed by atoms with Gasteiger partial charge >= 0.3 is 6.18 Å². The van der Waals surface area contributed by atoms with E-state index in [0.717, 1.165) is 17.7 Å². The van der Waals surface area contributed by atoms with Crippen LogP contribution < -0.4 is 11.1 Å². The minimum Gasteiger partial charge on any atom is -0.368 e. The first-order valence-corrected chi connectivity index (χ1v) is 7.54. The third-order valence-electron chi connectivity index (χ3n) is 3.58. The number of nitrogens with one attached hydrogen (secondary N) is 1. The molecule has 4 nitrogen and oxygen atoms in total. The van der Waals surface area contributed by atoms with Crippen molar-refractivity contribution >= 4 is 11.8 Å². The van der Waals surface area contributed by atoms with Crippen LogP contribution in [0.25, 0.3) is 0 Å². The molecular formula is C18H17F3N2O2. The van der Waals surface area contributed by atoms with Crippen molar-refractivity contribution in [1.29, 1.82) is 0 Å². The standard InChI is InChI=1S/C18H17F3N2O2/c19-18(20,21)14-8-4-7-13(9-14)11-16(24)23-15(17(22)25)10-12-5-2-1-3-6-12/h1-9,15H,10-11H2,(H2,22,25)(H,23,24)/t15-/m0/s1. The van der Waals surface area contributed by atoms with Gasteiger partial charge in [-0.05, 0) is 17.2 Å². The number of halogens is 3. The highest BCUT2D eigenvalue weighted by Gasteiger charge is 2.30. The molecular weight excluding hydrogens is 333 g/mol. The van der Waals surface area contributed by atoms with Gasteiger partial charge in [-0.1, -0.05) is 48.5 Å². The largest absolute Gasteiger partial charge is 0.416 e. The second kappa shape index (κ2) is 7.83. The van der Waals surface area contributed by atoms with Crippen molar-refractivity contribution in [2.45, 2.75) is 25.1 Å². The Balaban J connectivity index is 2.03. The second-order valence-electron chi connectivity index (χ2n) is 5.59. The van der Waals surface area contributed by atoms with Crippen molar-refractivity contribution in [2.75, 3.05) is 0 Å². The first-order chi connectivity index (χ1) is 11.8. The van der Waals surface area contributed by atoms with Crippen LogP contribution in [0.2, 0.25) is 0 Å². The summed E-state index contributed by atoms with van der Waals surface area (Å²) in [5.41, 5.74) is 5.49. The predicted octanol–water partition coefficient (Wildman–Crippen LogP) is 2.46. The maximum absolute atomic E-state index is 12.7. The van der Waals surface area contributed by atoms with Gasteiger partial charge in [0, 0.05) is 6.42 Å². The molecule has 1 atom stereocenters. The van der Waals surface area contributed by atoms with Crippen LogP contribution in [0.15, 0.2) is 54.6 Å². The maximum Gasteiger partial charge on any atom is 0.416 e. The Labute approximate surface area is 142 Å². The average molecular weight is 350 g/mol. The zero-order valence-corrected chi connectivity index (χ0v) is 13.2. The van der Waals surface area contributed by atoms with Crippen molar-refractivity contribution in [3.8, 4) is 0 Å². The number of primary amides is 1. The van der Waals surface area contributed by atoms with Crippen molar-refractivity contribution < 1.29 is 22.8 Å². The molecule has 3 N–H and O–H groups in total. The molecule has 0 radical (unpaired) electrons. The van der Waals surface area contributed by atoms with Gasteiger partial charge in [-0.3, -0.25) is 9.59 Å². The Kier molecular flexibility index (Phi) is 5.80. The van der Waals surface area contributed by atoms with E-state index in [0.29, 0.717) is 0 Å². The molecule has 0 saturated heterocycles. The van der Waals surface area contributed by atoms with Crippen molar-refractivity contribution in [3.05, 3.63) is 71.3 Å². The number of hydrogen-bond acceptors (Lipinski definition) is 2. The lowest BCUT2D eigenvalue weighted by atomic mass is 10.0. The average Bonchev–Trinajstić information content (AvgIpc) is 2.54. The van der Waals surface area contributed by atoms with E-state index in [1.165, 1.54) is 12.1 Å². The Morgan fingerprint density at radius 1 is 1.00 bits per heavy atom. The summed E-state index contributed by atoms with van der Waals surface area (Å²) in [6.45, 7) is 0. The molecule has 0 aliphatic carbocycles. The van der Waals surface area contributed by atoms with Crippen LogP contribution >= 0.6 is 0 Å². The van der Waals surface area contributed by atoms with Crippen LogP contribution in [0.1, 0.15) is 16.7 Å². The molecule has 0 fully saturated rings. The summed E-state index contributed by atoms with van der Waals surface area (Å²) in [7, 11) is 0. The Morgan fingerprint density at radius 2 is 1.64 bits per heavy atom. The predicted molar refractivity (Wildman–Crippen MR) is 86.4 cm³/mol. The smallest absolute Gasteiger partial charge is 0.368 e. The van der Waals surface area contributed by atoms with E-state index in [9.17, 15) is 22.8 Å². The number of nitrogens with two attached hydrogens (primary N) is 1. The number of benzene rings is 2. The summed E-state index contributed by atoms with van der Waals surface area (Å²) in [5.74, 6) is -1.28. The summed E-state index contributed by atoms with van der Waals surface area (Å²) in [6, 6.07) is 12.5. The number of carbonyl (C=O) groups is 2. The molecule has 0 aliphatic rings. The molecule has 2 aromatic carbocycles. The lowest BCUT2D eigenvalue weighted by molar-refractivity contribution is -0.137. The van der Waals surface area contributed by atoms with E-state index in [4.69, 9.17) is 5.73 Å². The lowest BCUT2D eigenvalue weighted by Gasteiger charge is -2.16. The molecule has 0 unspecified atom stereocenters. The third-order valence-corrected chi connectivity index (χ3v) is 3.58.